The highest BCUT2D eigenvalue weighted by molar-refractivity contribution is 5.89. The second kappa shape index (κ2) is 9.97. The van der Waals surface area contributed by atoms with E-state index >= 15 is 0 Å². The fraction of sp³-hybridized carbons (Fsp3) is 0.500. The van der Waals surface area contributed by atoms with Crippen LogP contribution in [-0.4, -0.2) is 55.6 Å². The van der Waals surface area contributed by atoms with Gasteiger partial charge in [0.15, 0.2) is 0 Å². The fourth-order valence-electron chi connectivity index (χ4n) is 4.58. The molecule has 4 N–H and O–H groups in total. The van der Waals surface area contributed by atoms with Crippen molar-refractivity contribution in [2.45, 2.75) is 58.3 Å². The van der Waals surface area contributed by atoms with Crippen LogP contribution in [-0.2, 0) is 16.1 Å². The van der Waals surface area contributed by atoms with Gasteiger partial charge in [0.1, 0.15) is 35.9 Å². The molecule has 12 heteroatoms. The van der Waals surface area contributed by atoms with Crippen LogP contribution in [0.25, 0.3) is 11.0 Å². The third-order valence-electron chi connectivity index (χ3n) is 6.32. The minimum absolute atomic E-state index is 0.0517. The van der Waals surface area contributed by atoms with Crippen LogP contribution >= 0.6 is 0 Å². The molecule has 1 saturated heterocycles. The molecule has 1 fully saturated rings. The lowest BCUT2D eigenvalue weighted by molar-refractivity contribution is -0.386. The first-order valence-electron chi connectivity index (χ1n) is 11.5. The molecule has 0 bridgehead atoms. The first-order valence-corrected chi connectivity index (χ1v) is 11.5. The number of ether oxygens (including phenoxy) is 3. The Labute approximate surface area is 207 Å². The summed E-state index contributed by atoms with van der Waals surface area (Å²) in [6.45, 7) is 5.55. The van der Waals surface area contributed by atoms with E-state index in [-0.39, 0.29) is 31.1 Å². The number of hydrogen-bond donors (Lipinski definition) is 3. The quantitative estimate of drug-likeness (QED) is 0.308. The number of hydrogen-bond acceptors (Lipinski definition) is 10. The molecule has 0 aliphatic carbocycles. The first-order chi connectivity index (χ1) is 17.0. The van der Waals surface area contributed by atoms with Gasteiger partial charge in [-0.3, -0.25) is 10.1 Å². The van der Waals surface area contributed by atoms with Crippen LogP contribution < -0.4 is 10.5 Å². The minimum Gasteiger partial charge on any atom is -0.497 e. The largest absolute Gasteiger partial charge is 0.497 e. The van der Waals surface area contributed by atoms with Crippen molar-refractivity contribution in [1.82, 2.24) is 14.5 Å². The van der Waals surface area contributed by atoms with Crippen LogP contribution in [0.4, 0.5) is 11.5 Å². The van der Waals surface area contributed by atoms with Gasteiger partial charge in [-0.25, -0.2) is 9.97 Å². The average Bonchev–Trinajstić information content (AvgIpc) is 3.38. The van der Waals surface area contributed by atoms with Crippen LogP contribution in [0.1, 0.15) is 50.7 Å². The van der Waals surface area contributed by atoms with Gasteiger partial charge in [0, 0.05) is 24.2 Å². The maximum Gasteiger partial charge on any atom is 0.275 e. The van der Waals surface area contributed by atoms with Crippen molar-refractivity contribution in [2.75, 3.05) is 19.5 Å². The van der Waals surface area contributed by atoms with Gasteiger partial charge in [-0.1, -0.05) is 20.8 Å². The van der Waals surface area contributed by atoms with E-state index in [0.29, 0.717) is 27.9 Å². The van der Waals surface area contributed by atoms with Gasteiger partial charge in [0.25, 0.3) is 5.69 Å². The monoisotopic (exact) mass is 501 g/mol. The molecule has 0 saturated carbocycles. The van der Waals surface area contributed by atoms with Gasteiger partial charge in [-0.2, -0.15) is 0 Å². The molecule has 0 unspecified atom stereocenters. The number of aliphatic hydroxyl groups is 2. The van der Waals surface area contributed by atoms with E-state index in [1.807, 2.05) is 20.8 Å². The van der Waals surface area contributed by atoms with Crippen molar-refractivity contribution in [1.29, 1.82) is 0 Å². The van der Waals surface area contributed by atoms with Crippen LogP contribution in [0.2, 0.25) is 0 Å². The van der Waals surface area contributed by atoms with E-state index in [1.54, 1.807) is 22.9 Å². The Bertz CT molecular complexity index is 1260. The molecule has 0 radical (unpaired) electrons. The van der Waals surface area contributed by atoms with Gasteiger partial charge >= 0.3 is 0 Å². The molecular weight excluding hydrogens is 470 g/mol. The number of aromatic nitrogens is 3. The van der Waals surface area contributed by atoms with Gasteiger partial charge in [-0.05, 0) is 17.5 Å². The van der Waals surface area contributed by atoms with Crippen molar-refractivity contribution in [3.63, 3.8) is 0 Å². The van der Waals surface area contributed by atoms with Crippen LogP contribution in [0.5, 0.6) is 5.75 Å². The topological polar surface area (TPSA) is 168 Å². The SMILES string of the molecule is COc1ccc([N+](=O)[O-])c([C@@H](OCc2cn([C@H]3C[C@@H](O)[C@@H](CO)O3)c3ncnc(N)c23)C(C)(C)C)c1. The molecule has 4 atom stereocenters. The van der Waals surface area contributed by atoms with E-state index in [2.05, 4.69) is 9.97 Å². The number of nitro benzene ring substituents is 1. The van der Waals surface area contributed by atoms with Crippen molar-refractivity contribution in [2.24, 2.45) is 5.41 Å². The zero-order valence-electron chi connectivity index (χ0n) is 20.6. The van der Waals surface area contributed by atoms with Gasteiger partial charge < -0.3 is 34.7 Å². The van der Waals surface area contributed by atoms with Crippen LogP contribution in [0, 0.1) is 15.5 Å². The highest BCUT2D eigenvalue weighted by atomic mass is 16.6. The number of aliphatic hydroxyl groups excluding tert-OH is 2. The summed E-state index contributed by atoms with van der Waals surface area (Å²) in [6, 6.07) is 4.58. The minimum atomic E-state index is -0.824. The predicted octanol–water partition coefficient (Wildman–Crippen LogP) is 2.88. The summed E-state index contributed by atoms with van der Waals surface area (Å²) in [5, 5.41) is 32.1. The molecule has 1 aliphatic heterocycles. The Balaban J connectivity index is 1.72. The zero-order chi connectivity index (χ0) is 26.2. The Morgan fingerprint density at radius 3 is 2.72 bits per heavy atom. The van der Waals surface area contributed by atoms with Gasteiger partial charge in [0.05, 0.1) is 48.4 Å². The van der Waals surface area contributed by atoms with Crippen LogP contribution in [0.15, 0.2) is 30.7 Å². The highest BCUT2D eigenvalue weighted by Crippen LogP contribution is 2.43. The van der Waals surface area contributed by atoms with E-state index in [9.17, 15) is 20.3 Å². The Morgan fingerprint density at radius 2 is 2.11 bits per heavy atom. The number of nitrogen functional groups attached to an aromatic ring is 1. The van der Waals surface area contributed by atoms with E-state index in [4.69, 9.17) is 19.9 Å². The van der Waals surface area contributed by atoms with Crippen molar-refractivity contribution < 1.29 is 29.3 Å². The number of nitro groups is 1. The summed E-state index contributed by atoms with van der Waals surface area (Å²) < 4.78 is 19.2. The Kier molecular flexibility index (Phi) is 7.14. The maximum atomic E-state index is 11.8. The number of rotatable bonds is 8. The van der Waals surface area contributed by atoms with Crippen molar-refractivity contribution in [3.8, 4) is 5.75 Å². The average molecular weight is 502 g/mol. The highest BCUT2D eigenvalue weighted by Gasteiger charge is 2.37. The molecule has 1 aliphatic rings. The predicted molar refractivity (Wildman–Crippen MR) is 130 cm³/mol. The lowest BCUT2D eigenvalue weighted by atomic mass is 9.83. The molecule has 3 aromatic rings. The molecule has 4 rings (SSSR count). The summed E-state index contributed by atoms with van der Waals surface area (Å²) >= 11 is 0. The summed E-state index contributed by atoms with van der Waals surface area (Å²) in [7, 11) is 1.50. The molecule has 2 aromatic heterocycles. The summed E-state index contributed by atoms with van der Waals surface area (Å²) in [5.74, 6) is 0.729. The molecule has 12 nitrogen and oxygen atoms in total. The Hall–Kier alpha value is -3.32. The van der Waals surface area contributed by atoms with E-state index in [0.717, 1.165) is 0 Å². The number of methoxy groups -OCH3 is 1. The summed E-state index contributed by atoms with van der Waals surface area (Å²) in [4.78, 5) is 19.8. The number of nitrogens with two attached hydrogens (primary N) is 1. The summed E-state index contributed by atoms with van der Waals surface area (Å²) in [6.07, 6.45) is 0.610. The maximum absolute atomic E-state index is 11.8. The first kappa shape index (κ1) is 25.8. The molecule has 194 valence electrons. The lowest BCUT2D eigenvalue weighted by Crippen LogP contribution is -2.24. The molecular formula is C24H31N5O7. The second-order valence-corrected chi connectivity index (χ2v) is 9.87. The molecule has 36 heavy (non-hydrogen) atoms. The number of fused-ring (bicyclic) bond motifs is 1. The summed E-state index contributed by atoms with van der Waals surface area (Å²) in [5.41, 5.74) is 7.18. The van der Waals surface area contributed by atoms with Crippen LogP contribution in [0.3, 0.4) is 0 Å². The van der Waals surface area contributed by atoms with Crippen molar-refractivity contribution >= 4 is 22.5 Å². The molecule has 0 spiro atoms. The molecule has 0 amide bonds. The Morgan fingerprint density at radius 1 is 1.36 bits per heavy atom. The van der Waals surface area contributed by atoms with E-state index in [1.165, 1.54) is 19.5 Å². The van der Waals surface area contributed by atoms with E-state index < -0.39 is 34.9 Å². The molecule has 1 aromatic carbocycles. The third kappa shape index (κ3) is 4.85. The molecule has 3 heterocycles. The lowest BCUT2D eigenvalue weighted by Gasteiger charge is -2.31. The normalized spacial score (nSPS) is 21.1. The smallest absolute Gasteiger partial charge is 0.275 e. The van der Waals surface area contributed by atoms with Gasteiger partial charge in [0.2, 0.25) is 0 Å². The van der Waals surface area contributed by atoms with Crippen molar-refractivity contribution in [3.05, 3.63) is 52.0 Å². The number of nitrogens with zero attached hydrogens (tertiary/aromatic N) is 4. The second-order valence-electron chi connectivity index (χ2n) is 9.87. The zero-order valence-corrected chi connectivity index (χ0v) is 20.6. The van der Waals surface area contributed by atoms with Gasteiger partial charge in [-0.15, -0.1) is 0 Å². The standard InChI is InChI=1S/C24H31N5O7/c1-24(2,3)21(15-7-14(34-4)5-6-16(15)29(32)33)35-11-13-9-28(19-8-17(31)18(10-30)36-19)23-20(13)22(25)26-12-27-23/h5-7,9,12,17-19,21,30-31H,8,10-11H2,1-4H3,(H2,25,26,27)/t17-,18-,19-,21-/m1/s1. The number of benzene rings is 1. The third-order valence-corrected chi connectivity index (χ3v) is 6.32. The number of anilines is 1. The fourth-order valence-corrected chi connectivity index (χ4v) is 4.58.